The molecule has 0 spiro atoms. The highest BCUT2D eigenvalue weighted by molar-refractivity contribution is 9.10. The highest BCUT2D eigenvalue weighted by Crippen LogP contribution is 2.21. The molecule has 1 unspecified atom stereocenters. The summed E-state index contributed by atoms with van der Waals surface area (Å²) >= 11 is 3.40. The molecule has 0 aromatic heterocycles. The van der Waals surface area contributed by atoms with Crippen LogP contribution in [0.2, 0.25) is 0 Å². The first-order chi connectivity index (χ1) is 7.54. The summed E-state index contributed by atoms with van der Waals surface area (Å²) in [7, 11) is 0. The first kappa shape index (κ1) is 13.2. The topological polar surface area (TPSA) is 29.1 Å². The number of hydrogen-bond donors (Lipinski definition) is 1. The molecule has 3 heteroatoms. The summed E-state index contributed by atoms with van der Waals surface area (Å²) < 4.78 is 1.03. The van der Waals surface area contributed by atoms with Gasteiger partial charge >= 0.3 is 0 Å². The molecule has 0 fully saturated rings. The zero-order chi connectivity index (χ0) is 12.1. The monoisotopic (exact) mass is 283 g/mol. The van der Waals surface area contributed by atoms with E-state index in [0.29, 0.717) is 0 Å². The van der Waals surface area contributed by atoms with Crippen LogP contribution in [-0.4, -0.2) is 5.91 Å². The molecule has 0 aliphatic carbocycles. The van der Waals surface area contributed by atoms with Crippen LogP contribution in [0.15, 0.2) is 22.7 Å². The number of carbonyl (C=O) groups is 1. The molecule has 2 nitrogen and oxygen atoms in total. The fourth-order valence-corrected chi connectivity index (χ4v) is 2.06. The summed E-state index contributed by atoms with van der Waals surface area (Å²) in [6, 6.07) is 5.86. The minimum absolute atomic E-state index is 0.0769. The molecule has 1 rings (SSSR count). The Morgan fingerprint density at radius 2 is 2.19 bits per heavy atom. The van der Waals surface area contributed by atoms with Crippen LogP contribution in [0.1, 0.15) is 32.3 Å². The Morgan fingerprint density at radius 3 is 2.75 bits per heavy atom. The number of amides is 1. The van der Waals surface area contributed by atoms with Crippen molar-refractivity contribution in [2.45, 2.75) is 33.6 Å². The summed E-state index contributed by atoms with van der Waals surface area (Å²) in [6.07, 6.45) is 1.97. The summed E-state index contributed by atoms with van der Waals surface area (Å²) in [5.41, 5.74) is 1.97. The molecule has 1 N–H and O–H groups in total. The zero-order valence-corrected chi connectivity index (χ0v) is 11.6. The first-order valence-corrected chi connectivity index (χ1v) is 6.41. The fraction of sp³-hybridized carbons (Fsp3) is 0.462. The second-order valence-corrected chi connectivity index (χ2v) is 5.05. The molecular formula is C13H18BrNO. The third kappa shape index (κ3) is 3.63. The summed E-state index contributed by atoms with van der Waals surface area (Å²) in [4.78, 5) is 11.8. The van der Waals surface area contributed by atoms with Gasteiger partial charge in [-0.05, 0) is 37.1 Å². The predicted molar refractivity (Wildman–Crippen MR) is 71.6 cm³/mol. The molecule has 1 atom stereocenters. The molecule has 1 amide bonds. The molecule has 16 heavy (non-hydrogen) atoms. The van der Waals surface area contributed by atoms with Crippen molar-refractivity contribution in [3.8, 4) is 0 Å². The largest absolute Gasteiger partial charge is 0.326 e. The van der Waals surface area contributed by atoms with Gasteiger partial charge in [-0.15, -0.1) is 0 Å². The molecule has 0 aliphatic rings. The van der Waals surface area contributed by atoms with Crippen LogP contribution in [0.4, 0.5) is 5.69 Å². The molecule has 0 saturated carbocycles. The Kier molecular flexibility index (Phi) is 5.00. The number of carbonyl (C=O) groups excluding carboxylic acids is 1. The van der Waals surface area contributed by atoms with E-state index in [-0.39, 0.29) is 11.8 Å². The van der Waals surface area contributed by atoms with E-state index in [1.807, 2.05) is 32.0 Å². The fourth-order valence-electron chi connectivity index (χ4n) is 1.59. The van der Waals surface area contributed by atoms with Gasteiger partial charge in [0.25, 0.3) is 0 Å². The highest BCUT2D eigenvalue weighted by Gasteiger charge is 2.12. The van der Waals surface area contributed by atoms with Crippen molar-refractivity contribution in [3.63, 3.8) is 0 Å². The average Bonchev–Trinajstić information content (AvgIpc) is 2.22. The SMILES string of the molecule is CCCC(C)C(=O)Nc1ccc(Br)cc1C. The van der Waals surface area contributed by atoms with Crippen LogP contribution in [0.25, 0.3) is 0 Å². The Labute approximate surface area is 106 Å². The Balaban J connectivity index is 2.69. The van der Waals surface area contributed by atoms with Crippen molar-refractivity contribution >= 4 is 27.5 Å². The molecule has 0 saturated heterocycles. The van der Waals surface area contributed by atoms with Gasteiger partial charge in [0.1, 0.15) is 0 Å². The minimum Gasteiger partial charge on any atom is -0.326 e. The zero-order valence-electron chi connectivity index (χ0n) is 10.0. The number of benzene rings is 1. The van der Waals surface area contributed by atoms with E-state index in [0.717, 1.165) is 28.6 Å². The second kappa shape index (κ2) is 6.04. The van der Waals surface area contributed by atoms with Gasteiger partial charge in [0.2, 0.25) is 5.91 Å². The Hall–Kier alpha value is -0.830. The quantitative estimate of drug-likeness (QED) is 0.884. The van der Waals surface area contributed by atoms with Crippen molar-refractivity contribution in [2.24, 2.45) is 5.92 Å². The number of nitrogens with one attached hydrogen (secondary N) is 1. The van der Waals surface area contributed by atoms with E-state index in [1.54, 1.807) is 0 Å². The lowest BCUT2D eigenvalue weighted by Gasteiger charge is -2.13. The van der Waals surface area contributed by atoms with Crippen LogP contribution >= 0.6 is 15.9 Å². The van der Waals surface area contributed by atoms with Gasteiger partial charge in [0.15, 0.2) is 0 Å². The van der Waals surface area contributed by atoms with E-state index >= 15 is 0 Å². The van der Waals surface area contributed by atoms with Crippen LogP contribution in [0.3, 0.4) is 0 Å². The normalized spacial score (nSPS) is 12.2. The van der Waals surface area contributed by atoms with Crippen molar-refractivity contribution < 1.29 is 4.79 Å². The van der Waals surface area contributed by atoms with Crippen molar-refractivity contribution in [3.05, 3.63) is 28.2 Å². The van der Waals surface area contributed by atoms with Crippen LogP contribution in [0, 0.1) is 12.8 Å². The maximum Gasteiger partial charge on any atom is 0.227 e. The van der Waals surface area contributed by atoms with Gasteiger partial charge < -0.3 is 5.32 Å². The van der Waals surface area contributed by atoms with Crippen LogP contribution < -0.4 is 5.32 Å². The highest BCUT2D eigenvalue weighted by atomic mass is 79.9. The number of rotatable bonds is 4. The van der Waals surface area contributed by atoms with Gasteiger partial charge in [0, 0.05) is 16.1 Å². The molecule has 0 radical (unpaired) electrons. The number of aryl methyl sites for hydroxylation is 1. The van der Waals surface area contributed by atoms with Crippen molar-refractivity contribution in [2.75, 3.05) is 5.32 Å². The van der Waals surface area contributed by atoms with Crippen LogP contribution in [0.5, 0.6) is 0 Å². The van der Waals surface area contributed by atoms with Gasteiger partial charge in [-0.1, -0.05) is 36.2 Å². The number of anilines is 1. The molecular weight excluding hydrogens is 266 g/mol. The third-order valence-corrected chi connectivity index (χ3v) is 3.11. The lowest BCUT2D eigenvalue weighted by molar-refractivity contribution is -0.119. The predicted octanol–water partition coefficient (Wildman–Crippen LogP) is 4.13. The molecule has 0 bridgehead atoms. The Morgan fingerprint density at radius 1 is 1.50 bits per heavy atom. The number of halogens is 1. The molecule has 88 valence electrons. The van der Waals surface area contributed by atoms with Gasteiger partial charge in [-0.3, -0.25) is 4.79 Å². The minimum atomic E-state index is 0.0769. The van der Waals surface area contributed by atoms with E-state index in [9.17, 15) is 4.79 Å². The Bertz CT molecular complexity index is 376. The summed E-state index contributed by atoms with van der Waals surface area (Å²) in [5.74, 6) is 0.181. The number of hydrogen-bond acceptors (Lipinski definition) is 1. The lowest BCUT2D eigenvalue weighted by atomic mass is 10.1. The summed E-state index contributed by atoms with van der Waals surface area (Å²) in [6.45, 7) is 6.05. The molecule has 0 heterocycles. The average molecular weight is 284 g/mol. The van der Waals surface area contributed by atoms with Crippen molar-refractivity contribution in [1.29, 1.82) is 0 Å². The maximum absolute atomic E-state index is 11.8. The standard InChI is InChI=1S/C13H18BrNO/c1-4-5-9(2)13(16)15-12-7-6-11(14)8-10(12)3/h6-9H,4-5H2,1-3H3,(H,15,16). The van der Waals surface area contributed by atoms with E-state index < -0.39 is 0 Å². The second-order valence-electron chi connectivity index (χ2n) is 4.14. The smallest absolute Gasteiger partial charge is 0.227 e. The van der Waals surface area contributed by atoms with E-state index in [1.165, 1.54) is 0 Å². The van der Waals surface area contributed by atoms with Gasteiger partial charge in [0.05, 0.1) is 0 Å². The maximum atomic E-state index is 11.8. The summed E-state index contributed by atoms with van der Waals surface area (Å²) in [5, 5.41) is 2.96. The lowest BCUT2D eigenvalue weighted by Crippen LogP contribution is -2.20. The first-order valence-electron chi connectivity index (χ1n) is 5.61. The van der Waals surface area contributed by atoms with E-state index in [4.69, 9.17) is 0 Å². The van der Waals surface area contributed by atoms with Gasteiger partial charge in [-0.2, -0.15) is 0 Å². The third-order valence-electron chi connectivity index (χ3n) is 2.62. The molecule has 1 aromatic carbocycles. The van der Waals surface area contributed by atoms with Crippen LogP contribution in [-0.2, 0) is 4.79 Å². The van der Waals surface area contributed by atoms with E-state index in [2.05, 4.69) is 28.2 Å². The van der Waals surface area contributed by atoms with Crippen molar-refractivity contribution in [1.82, 2.24) is 0 Å². The molecule has 1 aromatic rings. The molecule has 0 aliphatic heterocycles. The van der Waals surface area contributed by atoms with Gasteiger partial charge in [-0.25, -0.2) is 0 Å².